The van der Waals surface area contributed by atoms with E-state index in [4.69, 9.17) is 0 Å². The van der Waals surface area contributed by atoms with E-state index in [-0.39, 0.29) is 0 Å². The van der Waals surface area contributed by atoms with Crippen LogP contribution in [0.25, 0.3) is 0 Å². The van der Waals surface area contributed by atoms with E-state index in [9.17, 15) is 4.79 Å². The molecule has 3 aliphatic rings. The smallest absolute Gasteiger partial charge is 0.225 e. The fraction of sp³-hybridized carbons (Fsp3) is 0.667. The van der Waals surface area contributed by atoms with Gasteiger partial charge in [-0.05, 0) is 49.1 Å². The largest absolute Gasteiger partial charge is 0.342 e. The molecule has 1 aromatic rings. The number of carbonyl (C=O) groups is 1. The van der Waals surface area contributed by atoms with Crippen LogP contribution in [-0.4, -0.2) is 28.9 Å². The van der Waals surface area contributed by atoms with Crippen molar-refractivity contribution in [3.63, 3.8) is 0 Å². The molecule has 1 amide bonds. The normalized spacial score (nSPS) is 35.1. The van der Waals surface area contributed by atoms with Crippen molar-refractivity contribution >= 4 is 5.91 Å². The lowest BCUT2D eigenvalue weighted by molar-refractivity contribution is -0.138. The molecule has 1 aliphatic heterocycles. The van der Waals surface area contributed by atoms with Crippen molar-refractivity contribution in [1.82, 2.24) is 9.88 Å². The van der Waals surface area contributed by atoms with Gasteiger partial charge in [-0.1, -0.05) is 18.9 Å². The Kier molecular flexibility index (Phi) is 3.44. The number of pyridine rings is 1. The Morgan fingerprint density at radius 1 is 1.24 bits per heavy atom. The SMILES string of the molecule is O=C(C1CCCC2CC21)N1CCCC(c2cccnc2)C1. The van der Waals surface area contributed by atoms with Gasteiger partial charge in [-0.3, -0.25) is 9.78 Å². The Balaban J connectivity index is 1.44. The van der Waals surface area contributed by atoms with Crippen LogP contribution in [0.2, 0.25) is 0 Å². The van der Waals surface area contributed by atoms with E-state index in [0.29, 0.717) is 17.7 Å². The summed E-state index contributed by atoms with van der Waals surface area (Å²) < 4.78 is 0. The Labute approximate surface area is 126 Å². The second-order valence-electron chi connectivity index (χ2n) is 7.11. The van der Waals surface area contributed by atoms with E-state index in [1.54, 1.807) is 0 Å². The quantitative estimate of drug-likeness (QED) is 0.835. The zero-order chi connectivity index (χ0) is 14.2. The second kappa shape index (κ2) is 5.43. The van der Waals surface area contributed by atoms with Crippen molar-refractivity contribution in [2.45, 2.75) is 44.4 Å². The molecule has 4 unspecified atom stereocenters. The first-order valence-corrected chi connectivity index (χ1v) is 8.51. The molecular weight excluding hydrogens is 260 g/mol. The van der Waals surface area contributed by atoms with Gasteiger partial charge in [-0.15, -0.1) is 0 Å². The molecule has 3 nitrogen and oxygen atoms in total. The molecule has 2 saturated carbocycles. The summed E-state index contributed by atoms with van der Waals surface area (Å²) in [6, 6.07) is 4.16. The zero-order valence-corrected chi connectivity index (χ0v) is 12.6. The van der Waals surface area contributed by atoms with Crippen LogP contribution in [-0.2, 0) is 4.79 Å². The topological polar surface area (TPSA) is 33.2 Å². The van der Waals surface area contributed by atoms with Gasteiger partial charge < -0.3 is 4.90 Å². The monoisotopic (exact) mass is 284 g/mol. The van der Waals surface area contributed by atoms with Crippen molar-refractivity contribution in [3.8, 4) is 0 Å². The summed E-state index contributed by atoms with van der Waals surface area (Å²) in [5, 5.41) is 0. The second-order valence-corrected chi connectivity index (χ2v) is 7.11. The summed E-state index contributed by atoms with van der Waals surface area (Å²) in [4.78, 5) is 19.3. The van der Waals surface area contributed by atoms with Crippen LogP contribution in [0.4, 0.5) is 0 Å². The van der Waals surface area contributed by atoms with E-state index in [2.05, 4.69) is 16.0 Å². The molecule has 4 rings (SSSR count). The summed E-state index contributed by atoms with van der Waals surface area (Å²) in [7, 11) is 0. The van der Waals surface area contributed by atoms with Gasteiger partial charge in [0.2, 0.25) is 5.91 Å². The molecule has 1 saturated heterocycles. The maximum atomic E-state index is 12.9. The van der Waals surface area contributed by atoms with Gasteiger partial charge in [-0.25, -0.2) is 0 Å². The predicted molar refractivity (Wildman–Crippen MR) is 81.7 cm³/mol. The van der Waals surface area contributed by atoms with Crippen LogP contribution < -0.4 is 0 Å². The molecule has 1 aromatic heterocycles. The van der Waals surface area contributed by atoms with Crippen LogP contribution in [0.1, 0.15) is 50.0 Å². The molecule has 21 heavy (non-hydrogen) atoms. The average molecular weight is 284 g/mol. The molecule has 2 heterocycles. The minimum absolute atomic E-state index is 0.344. The third-order valence-electron chi connectivity index (χ3n) is 5.79. The highest BCUT2D eigenvalue weighted by Gasteiger charge is 2.49. The number of hydrogen-bond donors (Lipinski definition) is 0. The Hall–Kier alpha value is -1.38. The fourth-order valence-electron chi connectivity index (χ4n) is 4.52. The first kappa shape index (κ1) is 13.3. The van der Waals surface area contributed by atoms with Crippen molar-refractivity contribution in [2.75, 3.05) is 13.1 Å². The zero-order valence-electron chi connectivity index (χ0n) is 12.6. The van der Waals surface area contributed by atoms with Crippen molar-refractivity contribution in [2.24, 2.45) is 17.8 Å². The van der Waals surface area contributed by atoms with E-state index >= 15 is 0 Å². The number of carbonyl (C=O) groups excluding carboxylic acids is 1. The van der Waals surface area contributed by atoms with Gasteiger partial charge in [-0.2, -0.15) is 0 Å². The van der Waals surface area contributed by atoms with Crippen molar-refractivity contribution in [1.29, 1.82) is 0 Å². The maximum Gasteiger partial charge on any atom is 0.225 e. The summed E-state index contributed by atoms with van der Waals surface area (Å²) in [5.74, 6) is 2.89. The Bertz CT molecular complexity index is 515. The third kappa shape index (κ3) is 2.58. The number of aromatic nitrogens is 1. The summed E-state index contributed by atoms with van der Waals surface area (Å²) in [6.45, 7) is 1.86. The predicted octanol–water partition coefficient (Wildman–Crippen LogP) is 3.22. The number of likely N-dealkylation sites (tertiary alicyclic amines) is 1. The molecule has 0 N–H and O–H groups in total. The van der Waals surface area contributed by atoms with Gasteiger partial charge in [0.25, 0.3) is 0 Å². The number of fused-ring (bicyclic) bond motifs is 1. The van der Waals surface area contributed by atoms with Crippen LogP contribution >= 0.6 is 0 Å². The molecular formula is C18H24N2O. The first-order chi connectivity index (χ1) is 10.3. The number of piperidine rings is 1. The number of hydrogen-bond acceptors (Lipinski definition) is 2. The highest BCUT2D eigenvalue weighted by Crippen LogP contribution is 2.53. The van der Waals surface area contributed by atoms with E-state index < -0.39 is 0 Å². The van der Waals surface area contributed by atoms with Crippen LogP contribution in [0, 0.1) is 17.8 Å². The number of nitrogens with zero attached hydrogens (tertiary/aromatic N) is 2. The molecule has 3 heteroatoms. The average Bonchev–Trinajstić information content (AvgIpc) is 3.35. The van der Waals surface area contributed by atoms with E-state index in [1.165, 1.54) is 31.2 Å². The molecule has 0 aromatic carbocycles. The summed E-state index contributed by atoms with van der Waals surface area (Å²) in [6.07, 6.45) is 11.2. The number of rotatable bonds is 2. The Morgan fingerprint density at radius 2 is 2.19 bits per heavy atom. The van der Waals surface area contributed by atoms with Crippen molar-refractivity contribution in [3.05, 3.63) is 30.1 Å². The molecule has 0 radical (unpaired) electrons. The lowest BCUT2D eigenvalue weighted by atomic mass is 9.86. The summed E-state index contributed by atoms with van der Waals surface area (Å²) >= 11 is 0. The molecule has 4 atom stereocenters. The first-order valence-electron chi connectivity index (χ1n) is 8.51. The fourth-order valence-corrected chi connectivity index (χ4v) is 4.52. The minimum atomic E-state index is 0.344. The molecule has 3 fully saturated rings. The molecule has 2 aliphatic carbocycles. The summed E-state index contributed by atoms with van der Waals surface area (Å²) in [5.41, 5.74) is 1.29. The standard InChI is InChI=1S/C18H24N2O/c21-18(16-7-1-4-13-10-17(13)16)20-9-3-6-15(12-20)14-5-2-8-19-11-14/h2,5,8,11,13,15-17H,1,3-4,6-7,9-10,12H2. The van der Waals surface area contributed by atoms with Crippen LogP contribution in [0.5, 0.6) is 0 Å². The van der Waals surface area contributed by atoms with Crippen molar-refractivity contribution < 1.29 is 4.79 Å². The molecule has 0 bridgehead atoms. The lowest BCUT2D eigenvalue weighted by Gasteiger charge is -2.36. The minimum Gasteiger partial charge on any atom is -0.342 e. The van der Waals surface area contributed by atoms with Gasteiger partial charge in [0.05, 0.1) is 0 Å². The third-order valence-corrected chi connectivity index (χ3v) is 5.79. The van der Waals surface area contributed by atoms with E-state index in [1.807, 2.05) is 18.5 Å². The highest BCUT2D eigenvalue weighted by atomic mass is 16.2. The van der Waals surface area contributed by atoms with Gasteiger partial charge in [0.15, 0.2) is 0 Å². The van der Waals surface area contributed by atoms with Gasteiger partial charge >= 0.3 is 0 Å². The number of amides is 1. The van der Waals surface area contributed by atoms with Gasteiger partial charge in [0, 0.05) is 37.3 Å². The lowest BCUT2D eigenvalue weighted by Crippen LogP contribution is -2.43. The van der Waals surface area contributed by atoms with Gasteiger partial charge in [0.1, 0.15) is 0 Å². The maximum absolute atomic E-state index is 12.9. The molecule has 0 spiro atoms. The van der Waals surface area contributed by atoms with Crippen LogP contribution in [0.3, 0.4) is 0 Å². The highest BCUT2D eigenvalue weighted by molar-refractivity contribution is 5.80. The van der Waals surface area contributed by atoms with Crippen LogP contribution in [0.15, 0.2) is 24.5 Å². The van der Waals surface area contributed by atoms with E-state index in [0.717, 1.165) is 37.8 Å². The molecule has 112 valence electrons. The Morgan fingerprint density at radius 3 is 3.05 bits per heavy atom.